The largest absolute Gasteiger partial charge is 0.397 e. The summed E-state index contributed by atoms with van der Waals surface area (Å²) in [6.45, 7) is 0. The van der Waals surface area contributed by atoms with Crippen molar-refractivity contribution >= 4 is 27.9 Å². The number of nitrogen functional groups attached to an aromatic ring is 1. The zero-order valence-electron chi connectivity index (χ0n) is 6.30. The van der Waals surface area contributed by atoms with Gasteiger partial charge in [0.15, 0.2) is 6.29 Å². The van der Waals surface area contributed by atoms with Crippen LogP contribution in [0.1, 0.15) is 22.6 Å². The molecule has 6 heteroatoms. The summed E-state index contributed by atoms with van der Waals surface area (Å²) in [4.78, 5) is 13.7. The number of carbonyl (C=O) groups excluding carboxylic acids is 1. The summed E-state index contributed by atoms with van der Waals surface area (Å²) in [5.41, 5.74) is 4.48. The van der Waals surface area contributed by atoms with E-state index in [1.165, 1.54) is 6.07 Å². The van der Waals surface area contributed by atoms with Crippen molar-refractivity contribution in [2.24, 2.45) is 0 Å². The summed E-state index contributed by atoms with van der Waals surface area (Å²) < 4.78 is 24.7. The SMILES string of the molecule is Nc1cc(Br)c(C=O)nc1C(F)F. The van der Waals surface area contributed by atoms with Crippen molar-refractivity contribution < 1.29 is 13.6 Å². The third kappa shape index (κ3) is 2.00. The topological polar surface area (TPSA) is 56.0 Å². The highest BCUT2D eigenvalue weighted by atomic mass is 79.9. The van der Waals surface area contributed by atoms with Gasteiger partial charge in [-0.25, -0.2) is 13.8 Å². The second-order valence-electron chi connectivity index (χ2n) is 2.25. The lowest BCUT2D eigenvalue weighted by atomic mass is 10.2. The summed E-state index contributed by atoms with van der Waals surface area (Å²) in [5, 5.41) is 0. The normalized spacial score (nSPS) is 10.5. The number of hydrogen-bond donors (Lipinski definition) is 1. The number of halogens is 3. The van der Waals surface area contributed by atoms with Crippen molar-refractivity contribution in [2.75, 3.05) is 5.73 Å². The fourth-order valence-corrected chi connectivity index (χ4v) is 1.22. The van der Waals surface area contributed by atoms with Crippen LogP contribution in [0.25, 0.3) is 0 Å². The van der Waals surface area contributed by atoms with Crippen molar-refractivity contribution in [3.8, 4) is 0 Å². The van der Waals surface area contributed by atoms with Crippen LogP contribution in [0.3, 0.4) is 0 Å². The van der Waals surface area contributed by atoms with E-state index < -0.39 is 12.1 Å². The quantitative estimate of drug-likeness (QED) is 0.819. The number of aldehydes is 1. The third-order valence-electron chi connectivity index (χ3n) is 1.38. The molecule has 0 saturated carbocycles. The van der Waals surface area contributed by atoms with Crippen molar-refractivity contribution in [3.05, 3.63) is 21.9 Å². The lowest BCUT2D eigenvalue weighted by Crippen LogP contribution is -2.02. The molecule has 0 atom stereocenters. The van der Waals surface area contributed by atoms with Gasteiger partial charge in [-0.1, -0.05) is 0 Å². The van der Waals surface area contributed by atoms with Gasteiger partial charge < -0.3 is 5.73 Å². The van der Waals surface area contributed by atoms with Gasteiger partial charge in [0.2, 0.25) is 0 Å². The fraction of sp³-hybridized carbons (Fsp3) is 0.143. The molecular weight excluding hydrogens is 246 g/mol. The Morgan fingerprint density at radius 3 is 2.69 bits per heavy atom. The van der Waals surface area contributed by atoms with Crippen molar-refractivity contribution in [1.82, 2.24) is 4.98 Å². The van der Waals surface area contributed by atoms with Crippen LogP contribution in [0.2, 0.25) is 0 Å². The molecule has 0 unspecified atom stereocenters. The Labute approximate surface area is 81.1 Å². The van der Waals surface area contributed by atoms with E-state index in [-0.39, 0.29) is 11.4 Å². The maximum atomic E-state index is 12.2. The molecule has 0 aliphatic rings. The Bertz CT molecular complexity index is 344. The first-order valence-corrected chi connectivity index (χ1v) is 4.04. The number of nitrogens with zero attached hydrogens (tertiary/aromatic N) is 1. The Balaban J connectivity index is 3.30. The van der Waals surface area contributed by atoms with Gasteiger partial charge in [-0.15, -0.1) is 0 Å². The zero-order valence-corrected chi connectivity index (χ0v) is 7.88. The van der Waals surface area contributed by atoms with Crippen LogP contribution in [-0.2, 0) is 0 Å². The summed E-state index contributed by atoms with van der Waals surface area (Å²) in [7, 11) is 0. The molecule has 1 aromatic rings. The lowest BCUT2D eigenvalue weighted by molar-refractivity contribution is 0.111. The number of rotatable bonds is 2. The molecule has 0 aromatic carbocycles. The Hall–Kier alpha value is -1.04. The van der Waals surface area contributed by atoms with E-state index in [4.69, 9.17) is 5.73 Å². The molecule has 0 bridgehead atoms. The minimum absolute atomic E-state index is 0.0792. The number of pyridine rings is 1. The standard InChI is InChI=1S/C7H5BrF2N2O/c8-3-1-4(11)6(7(9)10)12-5(3)2-13/h1-2,7H,11H2. The highest BCUT2D eigenvalue weighted by Crippen LogP contribution is 2.26. The van der Waals surface area contributed by atoms with E-state index in [1.54, 1.807) is 0 Å². The third-order valence-corrected chi connectivity index (χ3v) is 2.02. The lowest BCUT2D eigenvalue weighted by Gasteiger charge is -2.05. The molecule has 0 saturated heterocycles. The molecule has 0 aliphatic heterocycles. The number of carbonyl (C=O) groups is 1. The average molecular weight is 251 g/mol. The second-order valence-corrected chi connectivity index (χ2v) is 3.10. The first-order chi connectivity index (χ1) is 6.06. The Kier molecular flexibility index (Phi) is 2.92. The Morgan fingerprint density at radius 1 is 1.62 bits per heavy atom. The summed E-state index contributed by atoms with van der Waals surface area (Å²) >= 11 is 2.97. The number of anilines is 1. The molecule has 1 heterocycles. The number of aromatic nitrogens is 1. The molecule has 70 valence electrons. The predicted molar refractivity (Wildman–Crippen MR) is 46.7 cm³/mol. The van der Waals surface area contributed by atoms with Crippen LogP contribution in [0.4, 0.5) is 14.5 Å². The minimum Gasteiger partial charge on any atom is -0.397 e. The molecule has 2 N–H and O–H groups in total. The van der Waals surface area contributed by atoms with Gasteiger partial charge in [-0.05, 0) is 22.0 Å². The molecule has 1 aromatic heterocycles. The summed E-state index contributed by atoms with van der Waals surface area (Å²) in [6.07, 6.45) is -2.39. The van der Waals surface area contributed by atoms with E-state index in [1.807, 2.05) is 0 Å². The number of nitrogens with two attached hydrogens (primary N) is 1. The van der Waals surface area contributed by atoms with Crippen LogP contribution in [-0.4, -0.2) is 11.3 Å². The molecule has 0 fully saturated rings. The van der Waals surface area contributed by atoms with Gasteiger partial charge in [-0.3, -0.25) is 4.79 Å². The van der Waals surface area contributed by atoms with Gasteiger partial charge in [0.05, 0.1) is 5.69 Å². The summed E-state index contributed by atoms with van der Waals surface area (Å²) in [6, 6.07) is 1.23. The number of hydrogen-bond acceptors (Lipinski definition) is 3. The average Bonchev–Trinajstić information content (AvgIpc) is 2.03. The highest BCUT2D eigenvalue weighted by molar-refractivity contribution is 9.10. The first kappa shape index (κ1) is 10.0. The van der Waals surface area contributed by atoms with Crippen LogP contribution in [0.5, 0.6) is 0 Å². The van der Waals surface area contributed by atoms with Gasteiger partial charge in [0.25, 0.3) is 6.43 Å². The fourth-order valence-electron chi connectivity index (χ4n) is 0.790. The molecule has 0 aliphatic carbocycles. The van der Waals surface area contributed by atoms with E-state index in [0.29, 0.717) is 10.8 Å². The highest BCUT2D eigenvalue weighted by Gasteiger charge is 2.15. The summed E-state index contributed by atoms with van der Waals surface area (Å²) in [5.74, 6) is 0. The van der Waals surface area contributed by atoms with Crippen molar-refractivity contribution in [1.29, 1.82) is 0 Å². The number of alkyl halides is 2. The molecule has 13 heavy (non-hydrogen) atoms. The second kappa shape index (κ2) is 3.78. The monoisotopic (exact) mass is 250 g/mol. The maximum Gasteiger partial charge on any atom is 0.282 e. The Morgan fingerprint density at radius 2 is 2.23 bits per heavy atom. The molecule has 0 spiro atoms. The van der Waals surface area contributed by atoms with Gasteiger partial charge in [-0.2, -0.15) is 0 Å². The zero-order chi connectivity index (χ0) is 10.0. The molecule has 0 amide bonds. The van der Waals surface area contributed by atoms with Crippen LogP contribution >= 0.6 is 15.9 Å². The van der Waals surface area contributed by atoms with Gasteiger partial charge in [0.1, 0.15) is 11.4 Å². The van der Waals surface area contributed by atoms with Gasteiger partial charge >= 0.3 is 0 Å². The van der Waals surface area contributed by atoms with Crippen molar-refractivity contribution in [2.45, 2.75) is 6.43 Å². The van der Waals surface area contributed by atoms with E-state index in [2.05, 4.69) is 20.9 Å². The van der Waals surface area contributed by atoms with Crippen molar-refractivity contribution in [3.63, 3.8) is 0 Å². The smallest absolute Gasteiger partial charge is 0.282 e. The van der Waals surface area contributed by atoms with Crippen LogP contribution in [0.15, 0.2) is 10.5 Å². The molecule has 1 rings (SSSR count). The van der Waals surface area contributed by atoms with E-state index >= 15 is 0 Å². The van der Waals surface area contributed by atoms with Gasteiger partial charge in [0, 0.05) is 4.47 Å². The van der Waals surface area contributed by atoms with E-state index in [0.717, 1.165) is 0 Å². The predicted octanol–water partition coefficient (Wildman–Crippen LogP) is 2.18. The maximum absolute atomic E-state index is 12.2. The molecule has 3 nitrogen and oxygen atoms in total. The minimum atomic E-state index is -2.77. The first-order valence-electron chi connectivity index (χ1n) is 3.25. The molecular formula is C7H5BrF2N2O. The van der Waals surface area contributed by atoms with E-state index in [9.17, 15) is 13.6 Å². The van der Waals surface area contributed by atoms with Crippen LogP contribution < -0.4 is 5.73 Å². The van der Waals surface area contributed by atoms with Crippen LogP contribution in [0, 0.1) is 0 Å². The molecule has 0 radical (unpaired) electrons.